The molecule has 3 heterocycles. The van der Waals surface area contributed by atoms with Gasteiger partial charge in [-0.3, -0.25) is 4.99 Å². The van der Waals surface area contributed by atoms with Crippen LogP contribution in [-0.4, -0.2) is 26.0 Å². The van der Waals surface area contributed by atoms with Gasteiger partial charge in [-0.25, -0.2) is 4.98 Å². The minimum Gasteiger partial charge on any atom is -0.302 e. The van der Waals surface area contributed by atoms with Gasteiger partial charge in [0.25, 0.3) is 0 Å². The van der Waals surface area contributed by atoms with Crippen molar-refractivity contribution in [1.29, 1.82) is 0 Å². The molecule has 88 valence electrons. The number of rotatable bonds is 1. The summed E-state index contributed by atoms with van der Waals surface area (Å²) in [5.74, 6) is 1.78. The molecule has 0 N–H and O–H groups in total. The lowest BCUT2D eigenvalue weighted by Gasteiger charge is -2.13. The third-order valence-electron chi connectivity index (χ3n) is 2.97. The van der Waals surface area contributed by atoms with Crippen LogP contribution in [0.3, 0.4) is 0 Å². The van der Waals surface area contributed by atoms with Gasteiger partial charge >= 0.3 is 0 Å². The second-order valence-electron chi connectivity index (χ2n) is 4.16. The summed E-state index contributed by atoms with van der Waals surface area (Å²) < 4.78 is 2.09. The zero-order chi connectivity index (χ0) is 12.0. The molecule has 0 saturated heterocycles. The predicted molar refractivity (Wildman–Crippen MR) is 67.5 cm³/mol. The van der Waals surface area contributed by atoms with Gasteiger partial charge in [0.1, 0.15) is 6.04 Å². The number of thiazole rings is 1. The van der Waals surface area contributed by atoms with Crippen LogP contribution in [-0.2, 0) is 6.54 Å². The molecule has 0 spiro atoms. The minimum atomic E-state index is 0.0900. The third-order valence-corrected chi connectivity index (χ3v) is 4.03. The number of aliphatic imine (C=N–C) groups is 1. The van der Waals surface area contributed by atoms with E-state index in [1.54, 1.807) is 11.3 Å². The largest absolute Gasteiger partial charge is 0.302 e. The van der Waals surface area contributed by atoms with Crippen LogP contribution in [0.4, 0.5) is 0 Å². The monoisotopic (exact) mass is 247 g/mol. The Morgan fingerprint density at radius 3 is 2.88 bits per heavy atom. The van der Waals surface area contributed by atoms with E-state index in [4.69, 9.17) is 0 Å². The zero-order valence-corrected chi connectivity index (χ0v) is 10.8. The van der Waals surface area contributed by atoms with Crippen LogP contribution in [0.25, 0.3) is 10.8 Å². The van der Waals surface area contributed by atoms with Crippen LogP contribution in [0.15, 0.2) is 4.99 Å². The summed E-state index contributed by atoms with van der Waals surface area (Å²) in [4.78, 5) is 10.1. The smallest absolute Gasteiger partial charge is 0.193 e. The molecule has 1 aliphatic heterocycles. The number of nitrogens with zero attached hydrogens (tertiary/aromatic N) is 5. The molecule has 0 amide bonds. The average molecular weight is 247 g/mol. The van der Waals surface area contributed by atoms with Gasteiger partial charge in [0, 0.05) is 11.1 Å². The molecule has 2 aromatic heterocycles. The molecule has 6 heteroatoms. The highest BCUT2D eigenvalue weighted by atomic mass is 32.1. The van der Waals surface area contributed by atoms with Crippen LogP contribution >= 0.6 is 11.3 Å². The number of aryl methyl sites for hydroxylation is 2. The Labute approximate surface area is 103 Å². The molecule has 2 aromatic rings. The first kappa shape index (κ1) is 10.6. The molecule has 1 atom stereocenters. The van der Waals surface area contributed by atoms with Crippen molar-refractivity contribution in [2.45, 2.75) is 33.4 Å². The van der Waals surface area contributed by atoms with Crippen LogP contribution in [0.1, 0.15) is 29.4 Å². The Morgan fingerprint density at radius 2 is 2.18 bits per heavy atom. The van der Waals surface area contributed by atoms with E-state index in [1.807, 2.05) is 20.1 Å². The van der Waals surface area contributed by atoms with Crippen molar-refractivity contribution in [3.63, 3.8) is 0 Å². The maximum absolute atomic E-state index is 4.54. The number of hydrogen-bond donors (Lipinski definition) is 0. The first-order valence-electron chi connectivity index (χ1n) is 5.56. The Balaban J connectivity index is 2.11. The van der Waals surface area contributed by atoms with E-state index < -0.39 is 0 Å². The molecule has 0 saturated carbocycles. The summed E-state index contributed by atoms with van der Waals surface area (Å²) in [7, 11) is 0. The van der Waals surface area contributed by atoms with Crippen molar-refractivity contribution >= 4 is 17.6 Å². The van der Waals surface area contributed by atoms with Crippen LogP contribution in [0.2, 0.25) is 0 Å². The standard InChI is InChI=1S/C11H13N5S/c1-6-8(3)17-11(13-6)10-15-14-9-7(2)12-4-5-16(9)10/h4,7H,5H2,1-3H3/t7-/m1/s1. The van der Waals surface area contributed by atoms with Gasteiger partial charge in [-0.2, -0.15) is 0 Å². The van der Waals surface area contributed by atoms with Gasteiger partial charge in [-0.05, 0) is 20.8 Å². The SMILES string of the molecule is Cc1nc(-c2nnc3n2CC=N[C@@H]3C)sc1C. The fourth-order valence-corrected chi connectivity index (χ4v) is 2.79. The molecule has 0 aromatic carbocycles. The molecule has 0 unspecified atom stereocenters. The molecule has 0 fully saturated rings. The lowest BCUT2D eigenvalue weighted by atomic mass is 10.3. The Morgan fingerprint density at radius 1 is 1.35 bits per heavy atom. The normalized spacial score (nSPS) is 18.4. The highest BCUT2D eigenvalue weighted by Crippen LogP contribution is 2.29. The van der Waals surface area contributed by atoms with Crippen molar-refractivity contribution < 1.29 is 0 Å². The zero-order valence-electron chi connectivity index (χ0n) is 10.0. The van der Waals surface area contributed by atoms with Crippen LogP contribution < -0.4 is 0 Å². The molecule has 0 aliphatic carbocycles. The Kier molecular flexibility index (Phi) is 2.32. The quantitative estimate of drug-likeness (QED) is 0.776. The first-order chi connectivity index (χ1) is 8.16. The second-order valence-corrected chi connectivity index (χ2v) is 5.36. The predicted octanol–water partition coefficient (Wildman–Crippen LogP) is 2.16. The number of fused-ring (bicyclic) bond motifs is 1. The van der Waals surface area contributed by atoms with Gasteiger partial charge in [-0.15, -0.1) is 21.5 Å². The van der Waals surface area contributed by atoms with Crippen LogP contribution in [0.5, 0.6) is 0 Å². The van der Waals surface area contributed by atoms with Gasteiger partial charge in [0.2, 0.25) is 0 Å². The summed E-state index contributed by atoms with van der Waals surface area (Å²) in [6, 6.07) is 0.0900. The molecule has 0 radical (unpaired) electrons. The Hall–Kier alpha value is -1.56. The van der Waals surface area contributed by atoms with Crippen molar-refractivity contribution in [1.82, 2.24) is 19.7 Å². The minimum absolute atomic E-state index is 0.0900. The number of aromatic nitrogens is 4. The maximum atomic E-state index is 4.54. The first-order valence-corrected chi connectivity index (χ1v) is 6.37. The van der Waals surface area contributed by atoms with E-state index in [9.17, 15) is 0 Å². The molecule has 5 nitrogen and oxygen atoms in total. The average Bonchev–Trinajstić information content (AvgIpc) is 2.85. The molecular formula is C11H13N5S. The van der Waals surface area contributed by atoms with E-state index in [-0.39, 0.29) is 6.04 Å². The van der Waals surface area contributed by atoms with Gasteiger partial charge < -0.3 is 4.57 Å². The van der Waals surface area contributed by atoms with Crippen molar-refractivity contribution in [2.75, 3.05) is 0 Å². The summed E-state index contributed by atoms with van der Waals surface area (Å²) in [5.41, 5.74) is 1.07. The molecule has 17 heavy (non-hydrogen) atoms. The summed E-state index contributed by atoms with van der Waals surface area (Å²) in [6.07, 6.45) is 1.91. The van der Waals surface area contributed by atoms with E-state index in [1.165, 1.54) is 4.88 Å². The third kappa shape index (κ3) is 1.59. The van der Waals surface area contributed by atoms with E-state index in [2.05, 4.69) is 31.7 Å². The fourth-order valence-electron chi connectivity index (χ4n) is 1.88. The molecule has 0 bridgehead atoms. The molecule has 3 rings (SSSR count). The van der Waals surface area contributed by atoms with E-state index in [0.717, 1.165) is 28.9 Å². The summed E-state index contributed by atoms with van der Waals surface area (Å²) in [6.45, 7) is 6.86. The highest BCUT2D eigenvalue weighted by Gasteiger charge is 2.22. The van der Waals surface area contributed by atoms with Crippen molar-refractivity contribution in [3.8, 4) is 10.8 Å². The molecule has 1 aliphatic rings. The van der Waals surface area contributed by atoms with Crippen molar-refractivity contribution in [3.05, 3.63) is 16.4 Å². The maximum Gasteiger partial charge on any atom is 0.193 e. The second kappa shape index (κ2) is 3.73. The van der Waals surface area contributed by atoms with E-state index >= 15 is 0 Å². The fraction of sp³-hybridized carbons (Fsp3) is 0.455. The Bertz CT molecular complexity index is 576. The molecular weight excluding hydrogens is 234 g/mol. The lowest BCUT2D eigenvalue weighted by molar-refractivity contribution is 0.647. The summed E-state index contributed by atoms with van der Waals surface area (Å²) in [5, 5.41) is 9.42. The van der Waals surface area contributed by atoms with Gasteiger partial charge in [0.15, 0.2) is 16.7 Å². The topological polar surface area (TPSA) is 56.0 Å². The number of hydrogen-bond acceptors (Lipinski definition) is 5. The van der Waals surface area contributed by atoms with E-state index in [0.29, 0.717) is 0 Å². The van der Waals surface area contributed by atoms with Gasteiger partial charge in [-0.1, -0.05) is 0 Å². The van der Waals surface area contributed by atoms with Crippen molar-refractivity contribution in [2.24, 2.45) is 4.99 Å². The lowest BCUT2D eigenvalue weighted by Crippen LogP contribution is -2.13. The summed E-state index contributed by atoms with van der Waals surface area (Å²) >= 11 is 1.67. The van der Waals surface area contributed by atoms with Crippen LogP contribution in [0, 0.1) is 13.8 Å². The van der Waals surface area contributed by atoms with Gasteiger partial charge in [0.05, 0.1) is 12.2 Å². The highest BCUT2D eigenvalue weighted by molar-refractivity contribution is 7.15.